The molecule has 3 fully saturated rings. The van der Waals surface area contributed by atoms with Crippen LogP contribution in [0, 0.1) is 0 Å². The van der Waals surface area contributed by atoms with E-state index in [1.165, 1.54) is 74.2 Å². The molecule has 278 valence electrons. The molecular formula is C40H55BO6S4. The van der Waals surface area contributed by atoms with E-state index in [1.54, 1.807) is 34.0 Å². The molecule has 0 aliphatic carbocycles. The Morgan fingerprint density at radius 1 is 0.549 bits per heavy atom. The molecule has 0 atom stereocenters. The number of thiophene rings is 4. The van der Waals surface area contributed by atoms with E-state index in [9.17, 15) is 0 Å². The summed E-state index contributed by atoms with van der Waals surface area (Å²) in [6.45, 7) is 15.6. The molecule has 51 heavy (non-hydrogen) atoms. The average Bonchev–Trinajstić information content (AvgIpc) is 3.95. The van der Waals surface area contributed by atoms with E-state index in [0.717, 1.165) is 24.0 Å². The first kappa shape index (κ1) is 39.3. The monoisotopic (exact) mass is 770 g/mol. The zero-order valence-electron chi connectivity index (χ0n) is 31.3. The lowest BCUT2D eigenvalue weighted by Gasteiger charge is -2.32. The number of unbranched alkanes of at least 4 members (excludes halogenated alkanes) is 6. The van der Waals surface area contributed by atoms with E-state index in [2.05, 4.69) is 95.5 Å². The molecule has 4 aromatic heterocycles. The summed E-state index contributed by atoms with van der Waals surface area (Å²) in [5, 5.41) is 2.12. The minimum Gasteiger partial charge on any atom is -0.399 e. The molecule has 7 rings (SSSR count). The fraction of sp³-hybridized carbons (Fsp3) is 0.600. The van der Waals surface area contributed by atoms with Gasteiger partial charge in [0.05, 0.1) is 47.4 Å². The van der Waals surface area contributed by atoms with Crippen LogP contribution in [0.15, 0.2) is 53.9 Å². The standard InChI is InChI=1S/C23H33BO4S2.C17H22O2S2/c1-6-7-8-9-14-23(25-15-16-26-23)19-12-10-17(29-19)18-11-13-20(30-18)24-27-21(2,3)22(4,5)28-24;1-2-3-4-5-10-17(18-11-12-19-17)16-9-8-15(21-16)14-7-6-13-20-14/h10-13H,6-9,14-16H2,1-5H3;6-9,13H,2-5,10-12H2,1H3. The summed E-state index contributed by atoms with van der Waals surface area (Å²) >= 11 is 7.12. The van der Waals surface area contributed by atoms with Gasteiger partial charge in [-0.25, -0.2) is 0 Å². The van der Waals surface area contributed by atoms with Crippen molar-refractivity contribution in [2.24, 2.45) is 0 Å². The molecule has 3 aliphatic rings. The van der Waals surface area contributed by atoms with Crippen molar-refractivity contribution in [2.75, 3.05) is 26.4 Å². The van der Waals surface area contributed by atoms with E-state index in [0.29, 0.717) is 26.4 Å². The molecule has 0 unspecified atom stereocenters. The van der Waals surface area contributed by atoms with E-state index in [1.807, 2.05) is 11.3 Å². The summed E-state index contributed by atoms with van der Waals surface area (Å²) in [6, 6.07) is 17.3. The Morgan fingerprint density at radius 3 is 1.49 bits per heavy atom. The Morgan fingerprint density at radius 2 is 1.02 bits per heavy atom. The van der Waals surface area contributed by atoms with Gasteiger partial charge in [0.15, 0.2) is 0 Å². The second-order valence-electron chi connectivity index (χ2n) is 14.6. The van der Waals surface area contributed by atoms with Crippen molar-refractivity contribution in [1.82, 2.24) is 0 Å². The fourth-order valence-electron chi connectivity index (χ4n) is 6.64. The molecule has 0 radical (unpaired) electrons. The number of hydrogen-bond donors (Lipinski definition) is 0. The predicted molar refractivity (Wildman–Crippen MR) is 216 cm³/mol. The molecule has 4 aromatic rings. The molecule has 6 nitrogen and oxygen atoms in total. The molecule has 0 bridgehead atoms. The van der Waals surface area contributed by atoms with Gasteiger partial charge >= 0.3 is 7.12 Å². The Hall–Kier alpha value is -1.38. The predicted octanol–water partition coefficient (Wildman–Crippen LogP) is 11.6. The third-order valence-corrected chi connectivity index (χ3v) is 15.1. The quantitative estimate of drug-likeness (QED) is 0.0886. The molecule has 3 saturated heterocycles. The van der Waals surface area contributed by atoms with Crippen LogP contribution in [0.1, 0.15) is 116 Å². The highest BCUT2D eigenvalue weighted by Crippen LogP contribution is 2.45. The van der Waals surface area contributed by atoms with Crippen LogP contribution in [0.25, 0.3) is 19.5 Å². The summed E-state index contributed by atoms with van der Waals surface area (Å²) in [4.78, 5) is 7.51. The molecule has 0 saturated carbocycles. The van der Waals surface area contributed by atoms with Gasteiger partial charge in [-0.15, -0.1) is 45.3 Å². The van der Waals surface area contributed by atoms with Gasteiger partial charge in [0, 0.05) is 37.1 Å². The molecule has 0 spiro atoms. The SMILES string of the molecule is CCCCCCC1(c2ccc(-c3ccc(B4OC(C)(C)C(C)(C)O4)s3)s2)OCCO1.CCCCCCC1(c2ccc(-c3cccs3)s2)OCCO1. The number of hydrogen-bond acceptors (Lipinski definition) is 10. The van der Waals surface area contributed by atoms with E-state index < -0.39 is 11.6 Å². The largest absolute Gasteiger partial charge is 0.505 e. The minimum absolute atomic E-state index is 0.306. The lowest BCUT2D eigenvalue weighted by molar-refractivity contribution is -0.169. The number of rotatable bonds is 15. The molecule has 0 amide bonds. The van der Waals surface area contributed by atoms with Crippen LogP contribution in [0.5, 0.6) is 0 Å². The van der Waals surface area contributed by atoms with Gasteiger partial charge < -0.3 is 28.3 Å². The van der Waals surface area contributed by atoms with Crippen LogP contribution >= 0.6 is 45.3 Å². The van der Waals surface area contributed by atoms with Crippen molar-refractivity contribution in [3.8, 4) is 19.5 Å². The van der Waals surface area contributed by atoms with Crippen LogP contribution in [-0.4, -0.2) is 44.7 Å². The Kier molecular flexibility index (Phi) is 13.4. The average molecular weight is 771 g/mol. The lowest BCUT2D eigenvalue weighted by atomic mass is 9.88. The van der Waals surface area contributed by atoms with Crippen LogP contribution in [0.4, 0.5) is 0 Å². The highest BCUT2D eigenvalue weighted by atomic mass is 32.1. The zero-order chi connectivity index (χ0) is 36.0. The fourth-order valence-corrected chi connectivity index (χ4v) is 10.8. The van der Waals surface area contributed by atoms with Crippen LogP contribution < -0.4 is 4.78 Å². The smallest absolute Gasteiger partial charge is 0.399 e. The van der Waals surface area contributed by atoms with E-state index in [-0.39, 0.29) is 18.3 Å². The lowest BCUT2D eigenvalue weighted by Crippen LogP contribution is -2.41. The van der Waals surface area contributed by atoms with Crippen LogP contribution in [0.2, 0.25) is 0 Å². The summed E-state index contributed by atoms with van der Waals surface area (Å²) in [5.74, 6) is -1.03. The minimum atomic E-state index is -0.553. The second-order valence-corrected chi connectivity index (χ2v) is 18.8. The normalized spacial score (nSPS) is 20.2. The maximum absolute atomic E-state index is 6.22. The highest BCUT2D eigenvalue weighted by Gasteiger charge is 2.52. The van der Waals surface area contributed by atoms with Gasteiger partial charge in [-0.2, -0.15) is 0 Å². The summed E-state index contributed by atoms with van der Waals surface area (Å²) < 4.78 is 37.9. The Balaban J connectivity index is 0.000000187. The van der Waals surface area contributed by atoms with Crippen LogP contribution in [-0.2, 0) is 39.8 Å². The molecule has 11 heteroatoms. The van der Waals surface area contributed by atoms with Crippen molar-refractivity contribution in [1.29, 1.82) is 0 Å². The Bertz CT molecular complexity index is 1610. The van der Waals surface area contributed by atoms with E-state index >= 15 is 0 Å². The van der Waals surface area contributed by atoms with Crippen molar-refractivity contribution in [3.63, 3.8) is 0 Å². The van der Waals surface area contributed by atoms with Crippen molar-refractivity contribution in [3.05, 3.63) is 63.7 Å². The first-order valence-electron chi connectivity index (χ1n) is 18.9. The van der Waals surface area contributed by atoms with E-state index in [4.69, 9.17) is 28.3 Å². The summed E-state index contributed by atoms with van der Waals surface area (Å²) in [6.07, 6.45) is 11.7. The Labute approximate surface area is 321 Å². The van der Waals surface area contributed by atoms with Gasteiger partial charge in [-0.1, -0.05) is 64.5 Å². The van der Waals surface area contributed by atoms with Gasteiger partial charge in [0.2, 0.25) is 11.6 Å². The zero-order valence-corrected chi connectivity index (χ0v) is 34.5. The highest BCUT2D eigenvalue weighted by molar-refractivity contribution is 7.28. The maximum Gasteiger partial charge on any atom is 0.505 e. The van der Waals surface area contributed by atoms with Crippen molar-refractivity contribution >= 4 is 57.2 Å². The third kappa shape index (κ3) is 9.13. The molecule has 0 aromatic carbocycles. The second kappa shape index (κ2) is 17.4. The van der Waals surface area contributed by atoms with Gasteiger partial charge in [-0.3, -0.25) is 0 Å². The van der Waals surface area contributed by atoms with Gasteiger partial charge in [0.1, 0.15) is 0 Å². The number of ether oxygens (including phenoxy) is 4. The third-order valence-electron chi connectivity index (χ3n) is 10.3. The molecule has 3 aliphatic heterocycles. The van der Waals surface area contributed by atoms with Gasteiger partial charge in [0.25, 0.3) is 0 Å². The molecule has 0 N–H and O–H groups in total. The van der Waals surface area contributed by atoms with Crippen molar-refractivity contribution < 1.29 is 28.3 Å². The molecule has 7 heterocycles. The molecular weight excluding hydrogens is 716 g/mol. The van der Waals surface area contributed by atoms with Crippen molar-refractivity contribution in [2.45, 2.75) is 129 Å². The summed E-state index contributed by atoms with van der Waals surface area (Å²) in [5.41, 5.74) is -0.640. The first-order valence-corrected chi connectivity index (χ1v) is 22.2. The maximum atomic E-state index is 6.22. The topological polar surface area (TPSA) is 55.4 Å². The summed E-state index contributed by atoms with van der Waals surface area (Å²) in [7, 11) is -0.306. The van der Waals surface area contributed by atoms with Gasteiger partial charge in [-0.05, 0) is 82.3 Å². The van der Waals surface area contributed by atoms with Crippen LogP contribution in [0.3, 0.4) is 0 Å². The first-order chi connectivity index (χ1) is 24.6.